The zero-order chi connectivity index (χ0) is 13.1. The number of carbonyl (C=O) groups is 1. The number of hydrogen-bond acceptors (Lipinski definition) is 4. The summed E-state index contributed by atoms with van der Waals surface area (Å²) in [5.41, 5.74) is 6.11. The van der Waals surface area contributed by atoms with E-state index in [0.717, 1.165) is 12.8 Å². The van der Waals surface area contributed by atoms with Crippen LogP contribution in [-0.4, -0.2) is 43.4 Å². The van der Waals surface area contributed by atoms with Gasteiger partial charge in [-0.1, -0.05) is 0 Å². The first-order valence-electron chi connectivity index (χ1n) is 6.83. The lowest BCUT2D eigenvalue weighted by atomic mass is 9.84. The topological polar surface area (TPSA) is 84.6 Å². The van der Waals surface area contributed by atoms with Crippen molar-refractivity contribution in [2.24, 2.45) is 23.5 Å². The molecule has 2 aliphatic rings. The molecule has 2 aliphatic carbocycles. The van der Waals surface area contributed by atoms with Gasteiger partial charge in [0.2, 0.25) is 5.91 Å². The highest BCUT2D eigenvalue weighted by atomic mass is 16.5. The van der Waals surface area contributed by atoms with Gasteiger partial charge < -0.3 is 20.9 Å². The predicted octanol–water partition coefficient (Wildman–Crippen LogP) is -0.127. The molecule has 0 radical (unpaired) electrons. The SMILES string of the molecule is COCC(O)CCNC(=O)C1C2CCC(C2)C1N. The van der Waals surface area contributed by atoms with Crippen molar-refractivity contribution in [3.63, 3.8) is 0 Å². The van der Waals surface area contributed by atoms with Crippen LogP contribution in [0.25, 0.3) is 0 Å². The van der Waals surface area contributed by atoms with Crippen LogP contribution in [-0.2, 0) is 9.53 Å². The van der Waals surface area contributed by atoms with Crippen molar-refractivity contribution < 1.29 is 14.6 Å². The van der Waals surface area contributed by atoms with E-state index in [2.05, 4.69) is 5.32 Å². The Bertz CT molecular complexity index is 296. The molecule has 5 atom stereocenters. The molecule has 5 heteroatoms. The molecule has 5 unspecified atom stereocenters. The van der Waals surface area contributed by atoms with Crippen LogP contribution >= 0.6 is 0 Å². The maximum atomic E-state index is 12.1. The van der Waals surface area contributed by atoms with Crippen molar-refractivity contribution in [1.82, 2.24) is 5.32 Å². The zero-order valence-corrected chi connectivity index (χ0v) is 11.0. The van der Waals surface area contributed by atoms with E-state index < -0.39 is 6.10 Å². The molecule has 0 heterocycles. The third-order valence-corrected chi connectivity index (χ3v) is 4.42. The fraction of sp³-hybridized carbons (Fsp3) is 0.923. The Morgan fingerprint density at radius 1 is 1.50 bits per heavy atom. The number of carbonyl (C=O) groups excluding carboxylic acids is 1. The van der Waals surface area contributed by atoms with Gasteiger partial charge in [0.1, 0.15) is 0 Å². The van der Waals surface area contributed by atoms with E-state index in [1.54, 1.807) is 7.11 Å². The number of rotatable bonds is 6. The highest BCUT2D eigenvalue weighted by Crippen LogP contribution is 2.47. The molecule has 0 aromatic heterocycles. The Labute approximate surface area is 108 Å². The molecule has 104 valence electrons. The van der Waals surface area contributed by atoms with Gasteiger partial charge in [0.15, 0.2) is 0 Å². The monoisotopic (exact) mass is 256 g/mol. The number of hydrogen-bond donors (Lipinski definition) is 3. The van der Waals surface area contributed by atoms with Crippen molar-refractivity contribution in [2.75, 3.05) is 20.3 Å². The molecule has 4 N–H and O–H groups in total. The fourth-order valence-corrected chi connectivity index (χ4v) is 3.48. The highest BCUT2D eigenvalue weighted by Gasteiger charge is 2.48. The molecule has 2 saturated carbocycles. The lowest BCUT2D eigenvalue weighted by Gasteiger charge is -2.27. The van der Waals surface area contributed by atoms with Crippen LogP contribution in [0, 0.1) is 17.8 Å². The summed E-state index contributed by atoms with van der Waals surface area (Å²) in [6.45, 7) is 0.799. The van der Waals surface area contributed by atoms with E-state index in [-0.39, 0.29) is 17.9 Å². The smallest absolute Gasteiger partial charge is 0.224 e. The van der Waals surface area contributed by atoms with Crippen molar-refractivity contribution in [3.05, 3.63) is 0 Å². The van der Waals surface area contributed by atoms with Crippen LogP contribution < -0.4 is 11.1 Å². The Hall–Kier alpha value is -0.650. The molecular weight excluding hydrogens is 232 g/mol. The van der Waals surface area contributed by atoms with E-state index in [1.165, 1.54) is 6.42 Å². The van der Waals surface area contributed by atoms with E-state index in [4.69, 9.17) is 10.5 Å². The largest absolute Gasteiger partial charge is 0.391 e. The van der Waals surface area contributed by atoms with Crippen LogP contribution in [0.3, 0.4) is 0 Å². The molecule has 0 saturated heterocycles. The molecule has 2 rings (SSSR count). The molecule has 1 amide bonds. The first-order chi connectivity index (χ1) is 8.63. The quantitative estimate of drug-likeness (QED) is 0.618. The first kappa shape index (κ1) is 13.8. The van der Waals surface area contributed by atoms with Gasteiger partial charge in [-0.25, -0.2) is 0 Å². The summed E-state index contributed by atoms with van der Waals surface area (Å²) in [7, 11) is 1.55. The molecule has 0 aromatic rings. The van der Waals surface area contributed by atoms with Gasteiger partial charge in [0.05, 0.1) is 18.6 Å². The van der Waals surface area contributed by atoms with Crippen LogP contribution in [0.5, 0.6) is 0 Å². The maximum absolute atomic E-state index is 12.1. The van der Waals surface area contributed by atoms with Crippen LogP contribution in [0.4, 0.5) is 0 Å². The minimum atomic E-state index is -0.510. The molecule has 0 aromatic carbocycles. The fourth-order valence-electron chi connectivity index (χ4n) is 3.48. The molecule has 0 aliphatic heterocycles. The van der Waals surface area contributed by atoms with Gasteiger partial charge in [-0.2, -0.15) is 0 Å². The average Bonchev–Trinajstić information content (AvgIpc) is 2.89. The number of nitrogens with two attached hydrogens (primary N) is 1. The standard InChI is InChI=1S/C13H24N2O3/c1-18-7-10(16)4-5-15-13(17)11-8-2-3-9(6-8)12(11)14/h8-12,16H,2-7,14H2,1H3,(H,15,17). The lowest BCUT2D eigenvalue weighted by Crippen LogP contribution is -2.45. The van der Waals surface area contributed by atoms with Crippen LogP contribution in [0.2, 0.25) is 0 Å². The van der Waals surface area contributed by atoms with E-state index >= 15 is 0 Å². The average molecular weight is 256 g/mol. The molecular formula is C13H24N2O3. The zero-order valence-electron chi connectivity index (χ0n) is 11.0. The number of amides is 1. The summed E-state index contributed by atoms with van der Waals surface area (Å²) < 4.78 is 4.84. The number of ether oxygens (including phenoxy) is 1. The minimum Gasteiger partial charge on any atom is -0.391 e. The minimum absolute atomic E-state index is 0.0108. The Morgan fingerprint density at radius 2 is 2.22 bits per heavy atom. The van der Waals surface area contributed by atoms with Gasteiger partial charge in [-0.3, -0.25) is 4.79 Å². The number of fused-ring (bicyclic) bond motifs is 2. The number of aliphatic hydroxyl groups excluding tert-OH is 1. The molecule has 5 nitrogen and oxygen atoms in total. The molecule has 2 bridgehead atoms. The van der Waals surface area contributed by atoms with Crippen molar-refractivity contribution in [2.45, 2.75) is 37.8 Å². The Kier molecular flexibility index (Phi) is 4.59. The predicted molar refractivity (Wildman–Crippen MR) is 67.8 cm³/mol. The third kappa shape index (κ3) is 2.84. The summed E-state index contributed by atoms with van der Waals surface area (Å²) >= 11 is 0. The van der Waals surface area contributed by atoms with Crippen molar-refractivity contribution >= 4 is 5.91 Å². The highest BCUT2D eigenvalue weighted by molar-refractivity contribution is 5.80. The molecule has 18 heavy (non-hydrogen) atoms. The van der Waals surface area contributed by atoms with Gasteiger partial charge in [0.25, 0.3) is 0 Å². The van der Waals surface area contributed by atoms with Gasteiger partial charge >= 0.3 is 0 Å². The van der Waals surface area contributed by atoms with Crippen molar-refractivity contribution in [1.29, 1.82) is 0 Å². The van der Waals surface area contributed by atoms with E-state index in [0.29, 0.717) is 31.4 Å². The van der Waals surface area contributed by atoms with Crippen molar-refractivity contribution in [3.8, 4) is 0 Å². The van der Waals surface area contributed by atoms with Crippen LogP contribution in [0.15, 0.2) is 0 Å². The normalized spacial score (nSPS) is 35.7. The summed E-state index contributed by atoms with van der Waals surface area (Å²) in [5.74, 6) is 1.08. The number of nitrogens with one attached hydrogen (secondary N) is 1. The number of aliphatic hydroxyl groups is 1. The lowest BCUT2D eigenvalue weighted by molar-refractivity contribution is -0.127. The number of methoxy groups -OCH3 is 1. The second-order valence-electron chi connectivity index (χ2n) is 5.63. The summed E-state index contributed by atoms with van der Waals surface area (Å²) in [4.78, 5) is 12.1. The van der Waals surface area contributed by atoms with Gasteiger partial charge in [-0.05, 0) is 37.5 Å². The summed E-state index contributed by atoms with van der Waals surface area (Å²) in [6, 6.07) is 0.0349. The molecule has 2 fully saturated rings. The van der Waals surface area contributed by atoms with Gasteiger partial charge in [-0.15, -0.1) is 0 Å². The second kappa shape index (κ2) is 5.99. The first-order valence-corrected chi connectivity index (χ1v) is 6.83. The van der Waals surface area contributed by atoms with E-state index in [9.17, 15) is 9.90 Å². The van der Waals surface area contributed by atoms with E-state index in [1.807, 2.05) is 0 Å². The molecule has 0 spiro atoms. The van der Waals surface area contributed by atoms with Crippen LogP contribution in [0.1, 0.15) is 25.7 Å². The summed E-state index contributed by atoms with van der Waals surface area (Å²) in [5, 5.41) is 12.4. The maximum Gasteiger partial charge on any atom is 0.224 e. The Balaban J connectivity index is 1.72. The third-order valence-electron chi connectivity index (χ3n) is 4.42. The van der Waals surface area contributed by atoms with Gasteiger partial charge in [0, 0.05) is 19.7 Å². The Morgan fingerprint density at radius 3 is 2.83 bits per heavy atom. The second-order valence-corrected chi connectivity index (χ2v) is 5.63. The summed E-state index contributed by atoms with van der Waals surface area (Å²) in [6.07, 6.45) is 3.45.